The van der Waals surface area contributed by atoms with E-state index in [1.807, 2.05) is 30.3 Å². The Kier molecular flexibility index (Phi) is 4.90. The molecule has 0 fully saturated rings. The molecule has 1 aromatic heterocycles. The number of pyridine rings is 1. The summed E-state index contributed by atoms with van der Waals surface area (Å²) in [5.74, 6) is -0.205. The molecule has 0 unspecified atom stereocenters. The molecule has 0 bridgehead atoms. The van der Waals surface area contributed by atoms with Crippen molar-refractivity contribution in [2.45, 2.75) is 6.54 Å². The molecule has 5 nitrogen and oxygen atoms in total. The summed E-state index contributed by atoms with van der Waals surface area (Å²) in [5.41, 5.74) is 1.26. The smallest absolute Gasteiger partial charge is 0.255 e. The van der Waals surface area contributed by atoms with E-state index in [0.29, 0.717) is 12.1 Å². The molecule has 110 valence electrons. The summed E-state index contributed by atoms with van der Waals surface area (Å²) in [5, 5.41) is 9.16. The number of aliphatic hydroxyl groups is 1. The Morgan fingerprint density at radius 2 is 1.90 bits per heavy atom. The van der Waals surface area contributed by atoms with Crippen molar-refractivity contribution in [1.82, 2.24) is 9.47 Å². The lowest BCUT2D eigenvalue weighted by Crippen LogP contribution is -2.33. The predicted molar refractivity (Wildman–Crippen MR) is 80.0 cm³/mol. The minimum absolute atomic E-state index is 0.107. The van der Waals surface area contributed by atoms with Crippen LogP contribution in [0.5, 0.6) is 0 Å². The standard InChI is InChI=1S/C16H18N2O3/c1-17-12-14(7-8-15(17)20)16(21)18(9-10-19)11-13-5-3-2-4-6-13/h2-8,12,19H,9-11H2,1H3. The maximum Gasteiger partial charge on any atom is 0.255 e. The van der Waals surface area contributed by atoms with Crippen molar-refractivity contribution in [1.29, 1.82) is 0 Å². The first kappa shape index (κ1) is 15.0. The number of benzene rings is 1. The molecule has 0 spiro atoms. The lowest BCUT2D eigenvalue weighted by atomic mass is 10.2. The lowest BCUT2D eigenvalue weighted by Gasteiger charge is -2.22. The number of aromatic nitrogens is 1. The van der Waals surface area contributed by atoms with Gasteiger partial charge in [-0.05, 0) is 11.6 Å². The SMILES string of the molecule is Cn1cc(C(=O)N(CCO)Cc2ccccc2)ccc1=O. The Morgan fingerprint density at radius 1 is 1.19 bits per heavy atom. The van der Waals surface area contributed by atoms with Crippen LogP contribution in [0.3, 0.4) is 0 Å². The van der Waals surface area contributed by atoms with Crippen molar-refractivity contribution in [2.24, 2.45) is 7.05 Å². The third-order valence-electron chi connectivity index (χ3n) is 3.21. The third kappa shape index (κ3) is 3.79. The van der Waals surface area contributed by atoms with E-state index in [9.17, 15) is 9.59 Å². The Bertz CT molecular complexity index is 665. The first-order valence-electron chi connectivity index (χ1n) is 6.72. The summed E-state index contributed by atoms with van der Waals surface area (Å²) in [7, 11) is 1.60. The highest BCUT2D eigenvalue weighted by atomic mass is 16.3. The number of nitrogens with zero attached hydrogens (tertiary/aromatic N) is 2. The van der Waals surface area contributed by atoms with E-state index >= 15 is 0 Å². The van der Waals surface area contributed by atoms with Gasteiger partial charge in [-0.1, -0.05) is 30.3 Å². The van der Waals surface area contributed by atoms with E-state index < -0.39 is 0 Å². The van der Waals surface area contributed by atoms with Gasteiger partial charge in [0.25, 0.3) is 5.91 Å². The van der Waals surface area contributed by atoms with E-state index in [1.165, 1.54) is 22.9 Å². The average Bonchev–Trinajstić information content (AvgIpc) is 2.50. The van der Waals surface area contributed by atoms with E-state index in [4.69, 9.17) is 5.11 Å². The van der Waals surface area contributed by atoms with Crippen molar-refractivity contribution in [2.75, 3.05) is 13.2 Å². The molecule has 0 saturated carbocycles. The Morgan fingerprint density at radius 3 is 2.52 bits per heavy atom. The molecule has 21 heavy (non-hydrogen) atoms. The fourth-order valence-electron chi connectivity index (χ4n) is 2.08. The molecule has 0 saturated heterocycles. The minimum atomic E-state index is -0.205. The Hall–Kier alpha value is -2.40. The van der Waals surface area contributed by atoms with Gasteiger partial charge in [0.15, 0.2) is 0 Å². The van der Waals surface area contributed by atoms with Crippen molar-refractivity contribution in [3.05, 3.63) is 70.1 Å². The Balaban J connectivity index is 2.22. The second-order valence-electron chi connectivity index (χ2n) is 4.80. The first-order chi connectivity index (χ1) is 10.1. The summed E-state index contributed by atoms with van der Waals surface area (Å²) in [4.78, 5) is 25.4. The van der Waals surface area contributed by atoms with Crippen molar-refractivity contribution < 1.29 is 9.90 Å². The average molecular weight is 286 g/mol. The van der Waals surface area contributed by atoms with Crippen LogP contribution in [0.25, 0.3) is 0 Å². The molecule has 0 aliphatic heterocycles. The second-order valence-corrected chi connectivity index (χ2v) is 4.80. The van der Waals surface area contributed by atoms with Crippen LogP contribution in [0.2, 0.25) is 0 Å². The number of hydrogen-bond acceptors (Lipinski definition) is 3. The van der Waals surface area contributed by atoms with Crippen LogP contribution in [0.1, 0.15) is 15.9 Å². The minimum Gasteiger partial charge on any atom is -0.395 e. The fourth-order valence-corrected chi connectivity index (χ4v) is 2.08. The molecule has 0 atom stereocenters. The normalized spacial score (nSPS) is 10.4. The van der Waals surface area contributed by atoms with Gasteiger partial charge in [-0.3, -0.25) is 9.59 Å². The van der Waals surface area contributed by atoms with Crippen LogP contribution >= 0.6 is 0 Å². The molecule has 0 aliphatic rings. The number of aliphatic hydroxyl groups excluding tert-OH is 1. The van der Waals surface area contributed by atoms with Crippen LogP contribution in [0, 0.1) is 0 Å². The van der Waals surface area contributed by atoms with Crippen LogP contribution < -0.4 is 5.56 Å². The van der Waals surface area contributed by atoms with Crippen molar-refractivity contribution in [3.8, 4) is 0 Å². The molecule has 1 N–H and O–H groups in total. The van der Waals surface area contributed by atoms with Gasteiger partial charge in [-0.15, -0.1) is 0 Å². The second kappa shape index (κ2) is 6.85. The largest absolute Gasteiger partial charge is 0.395 e. The molecule has 1 heterocycles. The summed E-state index contributed by atoms with van der Waals surface area (Å²) in [6.45, 7) is 0.560. The van der Waals surface area contributed by atoms with Gasteiger partial charge in [0.05, 0.1) is 12.2 Å². The zero-order valence-electron chi connectivity index (χ0n) is 11.9. The van der Waals surface area contributed by atoms with E-state index in [0.717, 1.165) is 5.56 Å². The molecule has 0 radical (unpaired) electrons. The maximum atomic E-state index is 12.5. The first-order valence-corrected chi connectivity index (χ1v) is 6.72. The topological polar surface area (TPSA) is 62.5 Å². The zero-order valence-corrected chi connectivity index (χ0v) is 11.9. The van der Waals surface area contributed by atoms with Gasteiger partial charge in [0.2, 0.25) is 5.56 Å². The fraction of sp³-hybridized carbons (Fsp3) is 0.250. The molecule has 2 aromatic rings. The summed E-state index contributed by atoms with van der Waals surface area (Å²) >= 11 is 0. The van der Waals surface area contributed by atoms with Gasteiger partial charge in [0, 0.05) is 32.4 Å². The van der Waals surface area contributed by atoms with Gasteiger partial charge in [0.1, 0.15) is 0 Å². The van der Waals surface area contributed by atoms with Gasteiger partial charge >= 0.3 is 0 Å². The highest BCUT2D eigenvalue weighted by Crippen LogP contribution is 2.09. The zero-order chi connectivity index (χ0) is 15.2. The quantitative estimate of drug-likeness (QED) is 0.892. The molecule has 0 aliphatic carbocycles. The number of aryl methyl sites for hydroxylation is 1. The number of hydrogen-bond donors (Lipinski definition) is 1. The number of rotatable bonds is 5. The van der Waals surface area contributed by atoms with E-state index in [2.05, 4.69) is 0 Å². The number of amides is 1. The van der Waals surface area contributed by atoms with E-state index in [-0.39, 0.29) is 24.6 Å². The van der Waals surface area contributed by atoms with Gasteiger partial charge in [-0.2, -0.15) is 0 Å². The van der Waals surface area contributed by atoms with Crippen molar-refractivity contribution in [3.63, 3.8) is 0 Å². The van der Waals surface area contributed by atoms with Crippen LogP contribution in [0.4, 0.5) is 0 Å². The predicted octanol–water partition coefficient (Wildman–Crippen LogP) is 1.02. The molecular formula is C16H18N2O3. The number of carbonyl (C=O) groups is 1. The van der Waals surface area contributed by atoms with Crippen molar-refractivity contribution >= 4 is 5.91 Å². The highest BCUT2D eigenvalue weighted by molar-refractivity contribution is 5.93. The third-order valence-corrected chi connectivity index (χ3v) is 3.21. The molecule has 2 rings (SSSR count). The molecular weight excluding hydrogens is 268 g/mol. The lowest BCUT2D eigenvalue weighted by molar-refractivity contribution is 0.0707. The van der Waals surface area contributed by atoms with Gasteiger partial charge < -0.3 is 14.6 Å². The van der Waals surface area contributed by atoms with Crippen LogP contribution in [-0.4, -0.2) is 33.6 Å². The van der Waals surface area contributed by atoms with E-state index in [1.54, 1.807) is 11.9 Å². The number of carbonyl (C=O) groups excluding carboxylic acids is 1. The molecule has 1 aromatic carbocycles. The monoisotopic (exact) mass is 286 g/mol. The van der Waals surface area contributed by atoms with Crippen LogP contribution in [0.15, 0.2) is 53.5 Å². The molecule has 1 amide bonds. The summed E-state index contributed by atoms with van der Waals surface area (Å²) in [6, 6.07) is 12.5. The summed E-state index contributed by atoms with van der Waals surface area (Å²) in [6.07, 6.45) is 1.51. The van der Waals surface area contributed by atoms with Crippen LogP contribution in [-0.2, 0) is 13.6 Å². The summed E-state index contributed by atoms with van der Waals surface area (Å²) < 4.78 is 1.37. The highest BCUT2D eigenvalue weighted by Gasteiger charge is 2.16. The van der Waals surface area contributed by atoms with Gasteiger partial charge in [-0.25, -0.2) is 0 Å². The maximum absolute atomic E-state index is 12.5. The Labute approximate surface area is 123 Å². The molecule has 5 heteroatoms.